The maximum Gasteiger partial charge on any atom is 0.0974 e. The van der Waals surface area contributed by atoms with Gasteiger partial charge in [-0.25, -0.2) is 0 Å². The monoisotopic (exact) mass is 276 g/mol. The van der Waals surface area contributed by atoms with E-state index in [2.05, 4.69) is 9.47 Å². The zero-order chi connectivity index (χ0) is 14.2. The molecule has 114 valence electrons. The standard InChI is InChI=1S/C10H18O3.C4H10O2/c1-11-7-8-13-10(5-6-10)9(12-2)3-4-9;1-5-3-4-6-2/h3-8H2,1-2H3;3-4H2,1-2H3. The van der Waals surface area contributed by atoms with Crippen molar-refractivity contribution in [2.45, 2.75) is 36.9 Å². The molecule has 2 aliphatic rings. The van der Waals surface area contributed by atoms with Crippen molar-refractivity contribution in [1.29, 1.82) is 0 Å². The van der Waals surface area contributed by atoms with Crippen molar-refractivity contribution in [3.05, 3.63) is 0 Å². The molecule has 2 fully saturated rings. The van der Waals surface area contributed by atoms with Crippen molar-refractivity contribution in [1.82, 2.24) is 0 Å². The summed E-state index contributed by atoms with van der Waals surface area (Å²) < 4.78 is 25.7. The minimum absolute atomic E-state index is 0.0558. The van der Waals surface area contributed by atoms with Crippen LogP contribution in [0.15, 0.2) is 0 Å². The van der Waals surface area contributed by atoms with Crippen LogP contribution < -0.4 is 0 Å². The Morgan fingerprint density at radius 1 is 0.632 bits per heavy atom. The first-order valence-electron chi connectivity index (χ1n) is 6.86. The van der Waals surface area contributed by atoms with Crippen LogP contribution in [-0.4, -0.2) is 66.1 Å². The Hall–Kier alpha value is -0.200. The van der Waals surface area contributed by atoms with Gasteiger partial charge in [0.15, 0.2) is 0 Å². The molecule has 0 atom stereocenters. The van der Waals surface area contributed by atoms with Gasteiger partial charge in [0.1, 0.15) is 0 Å². The van der Waals surface area contributed by atoms with Crippen molar-refractivity contribution >= 4 is 0 Å². The summed E-state index contributed by atoms with van der Waals surface area (Å²) in [5.41, 5.74) is 0.126. The number of ether oxygens (including phenoxy) is 5. The van der Waals surface area contributed by atoms with Crippen LogP contribution in [0.5, 0.6) is 0 Å². The van der Waals surface area contributed by atoms with E-state index in [1.807, 2.05) is 0 Å². The lowest BCUT2D eigenvalue weighted by atomic mass is 10.1. The summed E-state index contributed by atoms with van der Waals surface area (Å²) in [7, 11) is 6.80. The highest BCUT2D eigenvalue weighted by Gasteiger charge is 2.67. The zero-order valence-electron chi connectivity index (χ0n) is 12.7. The van der Waals surface area contributed by atoms with Gasteiger partial charge in [-0.05, 0) is 25.7 Å². The fourth-order valence-electron chi connectivity index (χ4n) is 2.29. The summed E-state index contributed by atoms with van der Waals surface area (Å²) >= 11 is 0. The maximum atomic E-state index is 5.85. The molecule has 2 aliphatic carbocycles. The van der Waals surface area contributed by atoms with E-state index in [9.17, 15) is 0 Å². The lowest BCUT2D eigenvalue weighted by Gasteiger charge is -2.25. The molecule has 0 bridgehead atoms. The molecule has 2 saturated carbocycles. The van der Waals surface area contributed by atoms with E-state index in [1.54, 1.807) is 28.4 Å². The van der Waals surface area contributed by atoms with Crippen LogP contribution in [0.4, 0.5) is 0 Å². The molecule has 2 rings (SSSR count). The summed E-state index contributed by atoms with van der Waals surface area (Å²) in [5.74, 6) is 0. The Labute approximate surface area is 116 Å². The average Bonchev–Trinajstić information content (AvgIpc) is 3.30. The van der Waals surface area contributed by atoms with Gasteiger partial charge < -0.3 is 23.7 Å². The number of hydrogen-bond acceptors (Lipinski definition) is 5. The Balaban J connectivity index is 0.000000258. The first-order valence-corrected chi connectivity index (χ1v) is 6.86. The van der Waals surface area contributed by atoms with Crippen LogP contribution in [0.2, 0.25) is 0 Å². The summed E-state index contributed by atoms with van der Waals surface area (Å²) in [6, 6.07) is 0. The third-order valence-electron chi connectivity index (χ3n) is 3.79. The molecule has 0 saturated heterocycles. The summed E-state index contributed by atoms with van der Waals surface area (Å²) in [6.45, 7) is 2.76. The maximum absolute atomic E-state index is 5.85. The highest BCUT2D eigenvalue weighted by molar-refractivity contribution is 5.19. The molecule has 0 aliphatic heterocycles. The van der Waals surface area contributed by atoms with Gasteiger partial charge in [0.2, 0.25) is 0 Å². The first kappa shape index (κ1) is 16.9. The largest absolute Gasteiger partial charge is 0.382 e. The van der Waals surface area contributed by atoms with Gasteiger partial charge >= 0.3 is 0 Å². The van der Waals surface area contributed by atoms with Crippen LogP contribution in [0.3, 0.4) is 0 Å². The smallest absolute Gasteiger partial charge is 0.0974 e. The molecule has 0 aromatic heterocycles. The Bertz CT molecular complexity index is 232. The molecule has 5 nitrogen and oxygen atoms in total. The number of rotatable bonds is 9. The zero-order valence-corrected chi connectivity index (χ0v) is 12.7. The molecule has 0 aromatic carbocycles. The Kier molecular flexibility index (Phi) is 7.25. The molecule has 0 heterocycles. The fourth-order valence-corrected chi connectivity index (χ4v) is 2.29. The van der Waals surface area contributed by atoms with Crippen molar-refractivity contribution in [2.75, 3.05) is 54.9 Å². The van der Waals surface area contributed by atoms with Crippen LogP contribution in [-0.2, 0) is 23.7 Å². The van der Waals surface area contributed by atoms with E-state index in [0.29, 0.717) is 26.4 Å². The van der Waals surface area contributed by atoms with Gasteiger partial charge in [0, 0.05) is 28.4 Å². The van der Waals surface area contributed by atoms with E-state index < -0.39 is 0 Å². The SMILES string of the molecule is COCCOC.COCCOC1(C2(OC)CC2)CC1. The topological polar surface area (TPSA) is 46.2 Å². The van der Waals surface area contributed by atoms with Gasteiger partial charge in [-0.15, -0.1) is 0 Å². The third kappa shape index (κ3) is 4.68. The predicted molar refractivity (Wildman–Crippen MR) is 72.5 cm³/mol. The normalized spacial score (nSPS) is 21.5. The van der Waals surface area contributed by atoms with Crippen LogP contribution >= 0.6 is 0 Å². The van der Waals surface area contributed by atoms with E-state index >= 15 is 0 Å². The molecular formula is C14H28O5. The number of methoxy groups -OCH3 is 4. The lowest BCUT2D eigenvalue weighted by molar-refractivity contribution is -0.0995. The van der Waals surface area contributed by atoms with Crippen molar-refractivity contribution in [3.8, 4) is 0 Å². The molecule has 0 N–H and O–H groups in total. The van der Waals surface area contributed by atoms with Crippen molar-refractivity contribution in [3.63, 3.8) is 0 Å². The quantitative estimate of drug-likeness (QED) is 0.599. The Morgan fingerprint density at radius 2 is 1.05 bits per heavy atom. The Morgan fingerprint density at radius 3 is 1.37 bits per heavy atom. The summed E-state index contributed by atoms with van der Waals surface area (Å²) in [6.07, 6.45) is 4.64. The molecule has 0 unspecified atom stereocenters. The highest BCUT2D eigenvalue weighted by atomic mass is 16.6. The van der Waals surface area contributed by atoms with Gasteiger partial charge in [-0.1, -0.05) is 0 Å². The molecule has 19 heavy (non-hydrogen) atoms. The van der Waals surface area contributed by atoms with Gasteiger partial charge in [0.25, 0.3) is 0 Å². The van der Waals surface area contributed by atoms with E-state index in [-0.39, 0.29) is 11.2 Å². The third-order valence-corrected chi connectivity index (χ3v) is 3.79. The molecule has 5 heteroatoms. The molecule has 0 aromatic rings. The van der Waals surface area contributed by atoms with Crippen LogP contribution in [0.25, 0.3) is 0 Å². The average molecular weight is 276 g/mol. The van der Waals surface area contributed by atoms with Crippen molar-refractivity contribution in [2.24, 2.45) is 0 Å². The molecular weight excluding hydrogens is 248 g/mol. The summed E-state index contributed by atoms with van der Waals surface area (Å²) in [5, 5.41) is 0. The summed E-state index contributed by atoms with van der Waals surface area (Å²) in [4.78, 5) is 0. The van der Waals surface area contributed by atoms with Crippen molar-refractivity contribution < 1.29 is 23.7 Å². The van der Waals surface area contributed by atoms with E-state index in [1.165, 1.54) is 0 Å². The van der Waals surface area contributed by atoms with Crippen LogP contribution in [0.1, 0.15) is 25.7 Å². The number of hydrogen-bond donors (Lipinski definition) is 0. The van der Waals surface area contributed by atoms with Gasteiger partial charge in [-0.3, -0.25) is 0 Å². The van der Waals surface area contributed by atoms with Gasteiger partial charge in [-0.2, -0.15) is 0 Å². The van der Waals surface area contributed by atoms with E-state index in [4.69, 9.17) is 14.2 Å². The van der Waals surface area contributed by atoms with Crippen LogP contribution in [0, 0.1) is 0 Å². The van der Waals surface area contributed by atoms with E-state index in [0.717, 1.165) is 25.7 Å². The highest BCUT2D eigenvalue weighted by Crippen LogP contribution is 2.61. The molecule has 0 spiro atoms. The first-order chi connectivity index (χ1) is 9.20. The second-order valence-electron chi connectivity index (χ2n) is 5.02. The molecule has 0 amide bonds. The van der Waals surface area contributed by atoms with Gasteiger partial charge in [0.05, 0.1) is 37.6 Å². The fraction of sp³-hybridized carbons (Fsp3) is 1.00. The lowest BCUT2D eigenvalue weighted by Crippen LogP contribution is -2.36. The molecule has 0 radical (unpaired) electrons. The second kappa shape index (κ2) is 8.17. The predicted octanol–water partition coefficient (Wildman–Crippen LogP) is 1.64. The minimum Gasteiger partial charge on any atom is -0.382 e. The minimum atomic E-state index is 0.0558. The second-order valence-corrected chi connectivity index (χ2v) is 5.02.